The molecule has 1 aromatic carbocycles. The zero-order chi connectivity index (χ0) is 13.9. The van der Waals surface area contributed by atoms with Gasteiger partial charge in [0.15, 0.2) is 0 Å². The Balaban J connectivity index is 3.25. The maximum atomic E-state index is 11.9. The van der Waals surface area contributed by atoms with Crippen LogP contribution in [0.4, 0.5) is 5.69 Å². The van der Waals surface area contributed by atoms with Crippen LogP contribution >= 0.6 is 0 Å². The molecule has 0 bridgehead atoms. The molecule has 0 aliphatic carbocycles. The van der Waals surface area contributed by atoms with E-state index in [0.29, 0.717) is 6.54 Å². The maximum absolute atomic E-state index is 11.9. The van der Waals surface area contributed by atoms with Crippen LogP contribution in [0, 0.1) is 20.8 Å². The average Bonchev–Trinajstić information content (AvgIpc) is 2.34. The second-order valence-electron chi connectivity index (χ2n) is 4.48. The van der Waals surface area contributed by atoms with Crippen molar-refractivity contribution in [3.63, 3.8) is 0 Å². The molecule has 0 fully saturated rings. The molecule has 0 atom stereocenters. The first kappa shape index (κ1) is 14.5. The first-order chi connectivity index (χ1) is 8.43. The lowest BCUT2D eigenvalue weighted by Gasteiger charge is -2.24. The van der Waals surface area contributed by atoms with E-state index in [-0.39, 0.29) is 5.91 Å². The molecule has 0 spiro atoms. The van der Waals surface area contributed by atoms with Crippen molar-refractivity contribution in [2.45, 2.75) is 20.8 Å². The van der Waals surface area contributed by atoms with Gasteiger partial charge in [-0.2, -0.15) is 0 Å². The van der Waals surface area contributed by atoms with Crippen LogP contribution in [0.25, 0.3) is 0 Å². The summed E-state index contributed by atoms with van der Waals surface area (Å²) in [6.07, 6.45) is 0. The summed E-state index contributed by atoms with van der Waals surface area (Å²) in [7, 11) is 5.24. The molecule has 0 saturated heterocycles. The molecule has 100 valence electrons. The SMILES string of the molecule is CNCC(=O)N(C)c1c(C)cc(OC)c(C)c1C. The molecule has 0 heterocycles. The Kier molecular flexibility index (Phi) is 4.73. The number of carbonyl (C=O) groups is 1. The molecule has 1 rings (SSSR count). The predicted molar refractivity (Wildman–Crippen MR) is 74.5 cm³/mol. The molecule has 4 nitrogen and oxygen atoms in total. The van der Waals surface area contributed by atoms with E-state index in [9.17, 15) is 4.79 Å². The number of hydrogen-bond acceptors (Lipinski definition) is 3. The van der Waals surface area contributed by atoms with Crippen molar-refractivity contribution in [3.8, 4) is 5.75 Å². The lowest BCUT2D eigenvalue weighted by Crippen LogP contribution is -2.35. The summed E-state index contributed by atoms with van der Waals surface area (Å²) in [5.41, 5.74) is 4.16. The summed E-state index contributed by atoms with van der Waals surface area (Å²) in [5, 5.41) is 2.88. The summed E-state index contributed by atoms with van der Waals surface area (Å²) in [6.45, 7) is 6.35. The van der Waals surface area contributed by atoms with Crippen molar-refractivity contribution < 1.29 is 9.53 Å². The third-order valence-corrected chi connectivity index (χ3v) is 3.27. The van der Waals surface area contributed by atoms with Gasteiger partial charge in [0, 0.05) is 12.7 Å². The normalized spacial score (nSPS) is 10.3. The number of nitrogens with one attached hydrogen (secondary N) is 1. The average molecular weight is 250 g/mol. The highest BCUT2D eigenvalue weighted by molar-refractivity contribution is 5.96. The molecular formula is C14H22N2O2. The summed E-state index contributed by atoms with van der Waals surface area (Å²) < 4.78 is 5.33. The number of ether oxygens (including phenoxy) is 1. The Hall–Kier alpha value is -1.55. The summed E-state index contributed by atoms with van der Waals surface area (Å²) in [4.78, 5) is 13.6. The number of aryl methyl sites for hydroxylation is 1. The van der Waals surface area contributed by atoms with E-state index in [1.54, 1.807) is 26.1 Å². The number of rotatable bonds is 4. The van der Waals surface area contributed by atoms with Crippen molar-refractivity contribution in [2.24, 2.45) is 0 Å². The Bertz CT molecular complexity index is 456. The molecule has 0 unspecified atom stereocenters. The fourth-order valence-corrected chi connectivity index (χ4v) is 2.15. The zero-order valence-corrected chi connectivity index (χ0v) is 12.0. The van der Waals surface area contributed by atoms with Crippen LogP contribution in [0.15, 0.2) is 6.07 Å². The zero-order valence-electron chi connectivity index (χ0n) is 12.0. The number of amides is 1. The van der Waals surface area contributed by atoms with Crippen molar-refractivity contribution in [2.75, 3.05) is 32.6 Å². The largest absolute Gasteiger partial charge is 0.496 e. The highest BCUT2D eigenvalue weighted by Gasteiger charge is 2.17. The van der Waals surface area contributed by atoms with Gasteiger partial charge in [-0.1, -0.05) is 0 Å². The van der Waals surface area contributed by atoms with Gasteiger partial charge in [0.05, 0.1) is 13.7 Å². The Morgan fingerprint density at radius 3 is 2.44 bits per heavy atom. The quantitative estimate of drug-likeness (QED) is 0.886. The van der Waals surface area contributed by atoms with Crippen molar-refractivity contribution in [1.29, 1.82) is 0 Å². The molecule has 0 radical (unpaired) electrons. The number of anilines is 1. The lowest BCUT2D eigenvalue weighted by atomic mass is 10.0. The van der Waals surface area contributed by atoms with E-state index < -0.39 is 0 Å². The minimum atomic E-state index is 0.0493. The first-order valence-corrected chi connectivity index (χ1v) is 6.00. The number of carbonyl (C=O) groups excluding carboxylic acids is 1. The first-order valence-electron chi connectivity index (χ1n) is 6.00. The molecule has 0 aliphatic rings. The van der Waals surface area contributed by atoms with Gasteiger partial charge in [-0.3, -0.25) is 4.79 Å². The van der Waals surface area contributed by atoms with Gasteiger partial charge in [0.25, 0.3) is 0 Å². The van der Waals surface area contributed by atoms with Crippen LogP contribution in [0.2, 0.25) is 0 Å². The molecule has 1 amide bonds. The molecule has 1 N–H and O–H groups in total. The van der Waals surface area contributed by atoms with Crippen LogP contribution in [0.1, 0.15) is 16.7 Å². The fraction of sp³-hybridized carbons (Fsp3) is 0.500. The van der Waals surface area contributed by atoms with Crippen molar-refractivity contribution in [3.05, 3.63) is 22.8 Å². The number of likely N-dealkylation sites (N-methyl/N-ethyl adjacent to an activating group) is 2. The van der Waals surface area contributed by atoms with Crippen LogP contribution in [0.5, 0.6) is 5.75 Å². The monoisotopic (exact) mass is 250 g/mol. The second-order valence-corrected chi connectivity index (χ2v) is 4.48. The fourth-order valence-electron chi connectivity index (χ4n) is 2.15. The van der Waals surface area contributed by atoms with Crippen molar-refractivity contribution >= 4 is 11.6 Å². The van der Waals surface area contributed by atoms with Gasteiger partial charge in [-0.25, -0.2) is 0 Å². The molecule has 1 aromatic rings. The number of methoxy groups -OCH3 is 1. The summed E-state index contributed by atoms with van der Waals surface area (Å²) >= 11 is 0. The van der Waals surface area contributed by atoms with Crippen LogP contribution in [-0.2, 0) is 4.79 Å². The Labute approximate surface area is 109 Å². The predicted octanol–water partition coefficient (Wildman–Crippen LogP) is 1.80. The van der Waals surface area contributed by atoms with Gasteiger partial charge < -0.3 is 15.0 Å². The molecule has 0 aromatic heterocycles. The summed E-state index contributed by atoms with van der Waals surface area (Å²) in [5.74, 6) is 0.913. The van der Waals surface area contributed by atoms with Crippen LogP contribution < -0.4 is 15.0 Å². The topological polar surface area (TPSA) is 41.6 Å². The smallest absolute Gasteiger partial charge is 0.240 e. The van der Waals surface area contributed by atoms with E-state index in [4.69, 9.17) is 4.74 Å². The van der Waals surface area contributed by atoms with E-state index in [1.807, 2.05) is 26.8 Å². The standard InChI is InChI=1S/C14H22N2O2/c1-9-7-12(18-6)10(2)11(3)14(9)16(5)13(17)8-15-4/h7,15H,8H2,1-6H3. The van der Waals surface area contributed by atoms with Crippen molar-refractivity contribution in [1.82, 2.24) is 5.32 Å². The third kappa shape index (κ3) is 2.64. The molecular weight excluding hydrogens is 228 g/mol. The van der Waals surface area contributed by atoms with Gasteiger partial charge >= 0.3 is 0 Å². The van der Waals surface area contributed by atoms with E-state index in [2.05, 4.69) is 5.32 Å². The minimum absolute atomic E-state index is 0.0493. The second kappa shape index (κ2) is 5.87. The Morgan fingerprint density at radius 2 is 1.94 bits per heavy atom. The molecule has 18 heavy (non-hydrogen) atoms. The van der Waals surface area contributed by atoms with Gasteiger partial charge in [-0.05, 0) is 50.6 Å². The van der Waals surface area contributed by atoms with Crippen LogP contribution in [-0.4, -0.2) is 33.7 Å². The molecule has 4 heteroatoms. The number of hydrogen-bond donors (Lipinski definition) is 1. The van der Waals surface area contributed by atoms with E-state index >= 15 is 0 Å². The Morgan fingerprint density at radius 1 is 1.33 bits per heavy atom. The van der Waals surface area contributed by atoms with Gasteiger partial charge in [0.2, 0.25) is 5.91 Å². The minimum Gasteiger partial charge on any atom is -0.496 e. The molecule has 0 aliphatic heterocycles. The number of nitrogens with zero attached hydrogens (tertiary/aromatic N) is 1. The van der Waals surface area contributed by atoms with Gasteiger partial charge in [-0.15, -0.1) is 0 Å². The lowest BCUT2D eigenvalue weighted by molar-refractivity contribution is -0.117. The third-order valence-electron chi connectivity index (χ3n) is 3.27. The number of benzene rings is 1. The molecule has 0 saturated carbocycles. The van der Waals surface area contributed by atoms with Gasteiger partial charge in [0.1, 0.15) is 5.75 Å². The van der Waals surface area contributed by atoms with E-state index in [0.717, 1.165) is 28.1 Å². The highest BCUT2D eigenvalue weighted by Crippen LogP contribution is 2.33. The maximum Gasteiger partial charge on any atom is 0.240 e. The van der Waals surface area contributed by atoms with E-state index in [1.165, 1.54) is 0 Å². The van der Waals surface area contributed by atoms with Crippen LogP contribution in [0.3, 0.4) is 0 Å². The highest BCUT2D eigenvalue weighted by atomic mass is 16.5. The summed E-state index contributed by atoms with van der Waals surface area (Å²) in [6, 6.07) is 1.97.